The van der Waals surface area contributed by atoms with Gasteiger partial charge in [0, 0.05) is 12.7 Å². The lowest BCUT2D eigenvalue weighted by Crippen LogP contribution is -2.22. The van der Waals surface area contributed by atoms with E-state index >= 15 is 0 Å². The van der Waals surface area contributed by atoms with Crippen LogP contribution in [0.15, 0.2) is 15.3 Å². The fourth-order valence-corrected chi connectivity index (χ4v) is 2.45. The van der Waals surface area contributed by atoms with Crippen molar-refractivity contribution in [2.45, 2.75) is 19.3 Å². The first-order chi connectivity index (χ1) is 8.16. The van der Waals surface area contributed by atoms with E-state index < -0.39 is 0 Å². The van der Waals surface area contributed by atoms with Crippen molar-refractivity contribution in [3.05, 3.63) is 32.5 Å². The largest absolute Gasteiger partial charge is 0.409 e. The number of fused-ring (bicyclic) bond motifs is 1. The molecule has 0 saturated heterocycles. The Morgan fingerprint density at radius 2 is 2.35 bits per heavy atom. The molecule has 0 unspecified atom stereocenters. The van der Waals surface area contributed by atoms with E-state index in [0.717, 1.165) is 25.0 Å². The molecule has 2 aromatic rings. The van der Waals surface area contributed by atoms with Crippen LogP contribution in [-0.4, -0.2) is 14.8 Å². The smallest absolute Gasteiger partial charge is 0.284 e. The van der Waals surface area contributed by atoms with Gasteiger partial charge in [-0.15, -0.1) is 5.10 Å². The first kappa shape index (κ1) is 10.5. The minimum atomic E-state index is -0.0871. The second-order valence-electron chi connectivity index (χ2n) is 4.17. The normalized spacial score (nSPS) is 13.9. The number of H-pyrrole nitrogens is 1. The molecular weight excluding hydrogens is 238 g/mol. The van der Waals surface area contributed by atoms with Crippen molar-refractivity contribution in [1.29, 1.82) is 0 Å². The van der Waals surface area contributed by atoms with Gasteiger partial charge in [0.2, 0.25) is 0 Å². The molecule has 1 N–H and O–H groups in total. The number of aromatic nitrogens is 3. The molecule has 1 aliphatic carbocycles. The van der Waals surface area contributed by atoms with Crippen molar-refractivity contribution in [2.24, 2.45) is 7.05 Å². The van der Waals surface area contributed by atoms with Crippen molar-refractivity contribution >= 4 is 12.2 Å². The lowest BCUT2D eigenvalue weighted by molar-refractivity contribution is 0.550. The van der Waals surface area contributed by atoms with Gasteiger partial charge in [0.1, 0.15) is 5.56 Å². The molecule has 88 valence electrons. The maximum absolute atomic E-state index is 12.2. The van der Waals surface area contributed by atoms with Crippen LogP contribution in [0.2, 0.25) is 0 Å². The van der Waals surface area contributed by atoms with Crippen molar-refractivity contribution in [3.8, 4) is 11.5 Å². The highest BCUT2D eigenvalue weighted by Gasteiger charge is 2.19. The molecule has 2 heterocycles. The number of rotatable bonds is 1. The van der Waals surface area contributed by atoms with Crippen LogP contribution < -0.4 is 5.56 Å². The summed E-state index contributed by atoms with van der Waals surface area (Å²) in [5.41, 5.74) is 2.70. The zero-order valence-electron chi connectivity index (χ0n) is 9.32. The Hall–Kier alpha value is -1.69. The molecule has 0 aromatic carbocycles. The number of hydrogen-bond donors (Lipinski definition) is 1. The summed E-state index contributed by atoms with van der Waals surface area (Å²) in [5.74, 6) is 0.269. The number of hydrogen-bond acceptors (Lipinski definition) is 4. The van der Waals surface area contributed by atoms with Gasteiger partial charge < -0.3 is 8.98 Å². The Balaban J connectivity index is 2.28. The predicted octanol–water partition coefficient (Wildman–Crippen LogP) is 1.59. The lowest BCUT2D eigenvalue weighted by Gasteiger charge is -2.07. The molecule has 2 aromatic heterocycles. The fraction of sp³-hybridized carbons (Fsp3) is 0.364. The van der Waals surface area contributed by atoms with E-state index in [-0.39, 0.29) is 16.3 Å². The number of nitrogens with one attached hydrogen (secondary N) is 1. The van der Waals surface area contributed by atoms with Gasteiger partial charge in [-0.05, 0) is 43.1 Å². The van der Waals surface area contributed by atoms with E-state index in [4.69, 9.17) is 16.6 Å². The fourth-order valence-electron chi connectivity index (χ4n) is 2.33. The molecule has 1 aliphatic rings. The highest BCUT2D eigenvalue weighted by molar-refractivity contribution is 7.71. The molecule has 0 atom stereocenters. The Labute approximate surface area is 102 Å². The van der Waals surface area contributed by atoms with Gasteiger partial charge in [-0.1, -0.05) is 0 Å². The monoisotopic (exact) mass is 249 g/mol. The Morgan fingerprint density at radius 3 is 3.06 bits per heavy atom. The molecule has 5 nitrogen and oxygen atoms in total. The first-order valence-corrected chi connectivity index (χ1v) is 5.85. The van der Waals surface area contributed by atoms with E-state index in [0.29, 0.717) is 5.56 Å². The van der Waals surface area contributed by atoms with Crippen LogP contribution in [0.1, 0.15) is 17.7 Å². The van der Waals surface area contributed by atoms with Crippen LogP contribution in [0, 0.1) is 4.84 Å². The molecule has 0 fully saturated rings. The minimum absolute atomic E-state index is 0.0871. The molecule has 0 aliphatic heterocycles. The molecule has 0 saturated carbocycles. The summed E-state index contributed by atoms with van der Waals surface area (Å²) in [6, 6.07) is 1.87. The summed E-state index contributed by atoms with van der Waals surface area (Å²) in [7, 11) is 1.79. The molecule has 0 spiro atoms. The van der Waals surface area contributed by atoms with Crippen molar-refractivity contribution in [1.82, 2.24) is 14.8 Å². The van der Waals surface area contributed by atoms with E-state index in [1.165, 1.54) is 5.56 Å². The van der Waals surface area contributed by atoms with Crippen LogP contribution in [0.25, 0.3) is 11.5 Å². The summed E-state index contributed by atoms with van der Waals surface area (Å²) in [6.07, 6.45) is 3.06. The molecule has 0 radical (unpaired) electrons. The van der Waals surface area contributed by atoms with Gasteiger partial charge in [-0.3, -0.25) is 4.79 Å². The quantitative estimate of drug-likeness (QED) is 0.779. The second kappa shape index (κ2) is 3.66. The average Bonchev–Trinajstić information content (AvgIpc) is 2.91. The highest BCUT2D eigenvalue weighted by atomic mass is 32.1. The van der Waals surface area contributed by atoms with E-state index in [2.05, 4.69) is 10.2 Å². The average molecular weight is 249 g/mol. The third-order valence-electron chi connectivity index (χ3n) is 3.16. The van der Waals surface area contributed by atoms with Gasteiger partial charge in [0.25, 0.3) is 16.3 Å². The zero-order chi connectivity index (χ0) is 12.0. The molecule has 0 amide bonds. The topological polar surface area (TPSA) is 63.8 Å². The van der Waals surface area contributed by atoms with E-state index in [1.807, 2.05) is 6.07 Å². The van der Waals surface area contributed by atoms with Crippen LogP contribution >= 0.6 is 12.2 Å². The molecule has 6 heteroatoms. The van der Waals surface area contributed by atoms with Crippen LogP contribution in [0.4, 0.5) is 0 Å². The van der Waals surface area contributed by atoms with E-state index in [9.17, 15) is 4.79 Å². The Bertz CT molecular complexity index is 695. The number of pyridine rings is 1. The number of aromatic amines is 1. The third-order valence-corrected chi connectivity index (χ3v) is 3.33. The number of aryl methyl sites for hydroxylation is 1. The third kappa shape index (κ3) is 1.56. The van der Waals surface area contributed by atoms with Crippen LogP contribution in [0.3, 0.4) is 0 Å². The zero-order valence-corrected chi connectivity index (χ0v) is 10.1. The maximum atomic E-state index is 12.2. The summed E-state index contributed by atoms with van der Waals surface area (Å²) < 4.78 is 6.89. The van der Waals surface area contributed by atoms with Gasteiger partial charge >= 0.3 is 0 Å². The Morgan fingerprint density at radius 1 is 1.53 bits per heavy atom. The SMILES string of the molecule is Cn1c2c(cc(-c3n[nH]c(=S)o3)c1=O)CCC2. The van der Waals surface area contributed by atoms with Gasteiger partial charge in [0.15, 0.2) is 0 Å². The molecule has 17 heavy (non-hydrogen) atoms. The van der Waals surface area contributed by atoms with Crippen molar-refractivity contribution < 1.29 is 4.42 Å². The van der Waals surface area contributed by atoms with Gasteiger partial charge in [-0.25, -0.2) is 5.10 Å². The van der Waals surface area contributed by atoms with Crippen molar-refractivity contribution in [2.75, 3.05) is 0 Å². The van der Waals surface area contributed by atoms with Gasteiger partial charge in [0.05, 0.1) is 0 Å². The molecule has 3 rings (SSSR count). The summed E-state index contributed by atoms with van der Waals surface area (Å²) in [6.45, 7) is 0. The first-order valence-electron chi connectivity index (χ1n) is 5.44. The lowest BCUT2D eigenvalue weighted by atomic mass is 10.1. The standard InChI is InChI=1S/C11H11N3O2S/c1-14-8-4-2-3-6(8)5-7(10(14)15)9-12-13-11(17)16-9/h5H,2-4H2,1H3,(H,13,17). The minimum Gasteiger partial charge on any atom is -0.409 e. The molecule has 0 bridgehead atoms. The Kier molecular flexibility index (Phi) is 2.25. The second-order valence-corrected chi connectivity index (χ2v) is 4.54. The predicted molar refractivity (Wildman–Crippen MR) is 64.4 cm³/mol. The van der Waals surface area contributed by atoms with Crippen LogP contribution in [0.5, 0.6) is 0 Å². The van der Waals surface area contributed by atoms with Gasteiger partial charge in [-0.2, -0.15) is 0 Å². The summed E-state index contributed by atoms with van der Waals surface area (Å²) in [5, 5.41) is 6.44. The maximum Gasteiger partial charge on any atom is 0.284 e. The highest BCUT2D eigenvalue weighted by Crippen LogP contribution is 2.23. The summed E-state index contributed by atoms with van der Waals surface area (Å²) in [4.78, 5) is 12.3. The molecular formula is C11H11N3O2S. The van der Waals surface area contributed by atoms with Crippen LogP contribution in [-0.2, 0) is 19.9 Å². The number of nitrogens with zero attached hydrogens (tertiary/aromatic N) is 2. The summed E-state index contributed by atoms with van der Waals surface area (Å²) >= 11 is 4.81. The van der Waals surface area contributed by atoms with E-state index in [1.54, 1.807) is 11.6 Å². The van der Waals surface area contributed by atoms with Crippen molar-refractivity contribution in [3.63, 3.8) is 0 Å².